The molecule has 0 aromatic carbocycles. The Morgan fingerprint density at radius 3 is 2.45 bits per heavy atom. The predicted octanol–water partition coefficient (Wildman–Crippen LogP) is 1.86. The molecule has 0 aromatic rings. The van der Waals surface area contributed by atoms with Gasteiger partial charge in [0.25, 0.3) is 0 Å². The fraction of sp³-hybridized carbons (Fsp3) is 0.889. The van der Waals surface area contributed by atoms with Gasteiger partial charge in [-0.1, -0.05) is 0 Å². The average molecular weight is 151 g/mol. The van der Waals surface area contributed by atoms with Crippen molar-refractivity contribution in [2.24, 2.45) is 5.92 Å². The zero-order valence-electron chi connectivity index (χ0n) is 7.05. The fourth-order valence-electron chi connectivity index (χ4n) is 2.40. The van der Waals surface area contributed by atoms with Gasteiger partial charge in [0.15, 0.2) is 0 Å². The van der Waals surface area contributed by atoms with Crippen LogP contribution in [0.15, 0.2) is 0 Å². The van der Waals surface area contributed by atoms with Crippen LogP contribution in [0.4, 0.5) is 0 Å². The molecular weight excluding hydrogens is 138 g/mol. The number of nitrogens with zero attached hydrogens (tertiary/aromatic N) is 1. The number of hydrogen-bond acceptors (Lipinski definition) is 2. The van der Waals surface area contributed by atoms with Gasteiger partial charge in [-0.05, 0) is 33.1 Å². The molecule has 3 atom stereocenters. The van der Waals surface area contributed by atoms with Gasteiger partial charge in [-0.15, -0.1) is 0 Å². The van der Waals surface area contributed by atoms with Crippen molar-refractivity contribution in [1.82, 2.24) is 0 Å². The minimum Gasteiger partial charge on any atom is -0.368 e. The molecule has 0 amide bonds. The number of hydrogen-bond donors (Lipinski definition) is 0. The van der Waals surface area contributed by atoms with Crippen molar-refractivity contribution in [2.75, 3.05) is 0 Å². The van der Waals surface area contributed by atoms with Crippen LogP contribution in [0.2, 0.25) is 0 Å². The lowest BCUT2D eigenvalue weighted by atomic mass is 9.76. The van der Waals surface area contributed by atoms with Crippen LogP contribution in [0.1, 0.15) is 33.1 Å². The molecule has 2 rings (SSSR count). The molecule has 2 aliphatic heterocycles. The average Bonchev–Trinajstić information content (AvgIpc) is 2.36. The van der Waals surface area contributed by atoms with Crippen LogP contribution >= 0.6 is 0 Å². The Bertz CT molecular complexity index is 232. The molecule has 2 heteroatoms. The van der Waals surface area contributed by atoms with Crippen LogP contribution in [0.3, 0.4) is 0 Å². The quantitative estimate of drug-likeness (QED) is 0.529. The van der Waals surface area contributed by atoms with Crippen LogP contribution in [0.25, 0.3) is 0 Å². The second-order valence-electron chi connectivity index (χ2n) is 4.25. The molecular formula is C9H13NO. The van der Waals surface area contributed by atoms with Crippen LogP contribution < -0.4 is 0 Å². The van der Waals surface area contributed by atoms with Crippen LogP contribution in [-0.4, -0.2) is 11.2 Å². The lowest BCUT2D eigenvalue weighted by Gasteiger charge is -2.22. The number of fused-ring (bicyclic) bond motifs is 2. The maximum absolute atomic E-state index is 8.84. The van der Waals surface area contributed by atoms with Crippen molar-refractivity contribution in [3.8, 4) is 6.07 Å². The summed E-state index contributed by atoms with van der Waals surface area (Å²) >= 11 is 0. The summed E-state index contributed by atoms with van der Waals surface area (Å²) in [6.07, 6.45) is 3.11. The molecule has 2 fully saturated rings. The third-order valence-corrected chi connectivity index (χ3v) is 3.16. The molecule has 0 saturated carbocycles. The number of ether oxygens (including phenoxy) is 1. The number of nitriles is 1. The monoisotopic (exact) mass is 151 g/mol. The van der Waals surface area contributed by atoms with Crippen molar-refractivity contribution in [1.29, 1.82) is 5.26 Å². The third-order valence-electron chi connectivity index (χ3n) is 3.16. The van der Waals surface area contributed by atoms with E-state index in [1.807, 2.05) is 0 Å². The van der Waals surface area contributed by atoms with Gasteiger partial charge in [-0.3, -0.25) is 0 Å². The summed E-state index contributed by atoms with van der Waals surface area (Å²) in [4.78, 5) is 0. The summed E-state index contributed by atoms with van der Waals surface area (Å²) in [6, 6.07) is 2.34. The van der Waals surface area contributed by atoms with Gasteiger partial charge < -0.3 is 4.74 Å². The van der Waals surface area contributed by atoms with Crippen molar-refractivity contribution >= 4 is 0 Å². The number of rotatable bonds is 0. The SMILES string of the molecule is C[C@@]12CC[C@@](C)(O1)[C@H](C#N)C2. The van der Waals surface area contributed by atoms with E-state index in [1.165, 1.54) is 0 Å². The fourth-order valence-corrected chi connectivity index (χ4v) is 2.40. The molecule has 11 heavy (non-hydrogen) atoms. The second kappa shape index (κ2) is 1.78. The van der Waals surface area contributed by atoms with Crippen molar-refractivity contribution < 1.29 is 4.74 Å². The van der Waals surface area contributed by atoms with E-state index in [-0.39, 0.29) is 17.1 Å². The van der Waals surface area contributed by atoms with Gasteiger partial charge in [-0.2, -0.15) is 5.26 Å². The predicted molar refractivity (Wildman–Crippen MR) is 40.8 cm³/mol. The van der Waals surface area contributed by atoms with E-state index >= 15 is 0 Å². The first-order chi connectivity index (χ1) is 5.08. The first-order valence-electron chi connectivity index (χ1n) is 4.18. The Morgan fingerprint density at radius 1 is 1.45 bits per heavy atom. The molecule has 0 spiro atoms. The summed E-state index contributed by atoms with van der Waals surface area (Å²) in [6.45, 7) is 4.19. The highest BCUT2D eigenvalue weighted by Crippen LogP contribution is 2.53. The molecule has 0 aliphatic carbocycles. The maximum atomic E-state index is 8.84. The lowest BCUT2D eigenvalue weighted by molar-refractivity contribution is -0.0325. The highest BCUT2D eigenvalue weighted by molar-refractivity contribution is 5.12. The first kappa shape index (κ1) is 7.12. The molecule has 0 aromatic heterocycles. The smallest absolute Gasteiger partial charge is 0.0821 e. The van der Waals surface area contributed by atoms with Crippen molar-refractivity contribution in [2.45, 2.75) is 44.3 Å². The maximum Gasteiger partial charge on any atom is 0.0821 e. The normalized spacial score (nSPS) is 54.5. The Hall–Kier alpha value is -0.550. The Kier molecular flexibility index (Phi) is 1.15. The van der Waals surface area contributed by atoms with E-state index in [0.29, 0.717) is 0 Å². The van der Waals surface area contributed by atoms with Crippen LogP contribution in [0, 0.1) is 17.2 Å². The Labute approximate surface area is 67.2 Å². The summed E-state index contributed by atoms with van der Waals surface area (Å²) in [5, 5.41) is 8.84. The van der Waals surface area contributed by atoms with Crippen LogP contribution in [-0.2, 0) is 4.74 Å². The van der Waals surface area contributed by atoms with E-state index in [4.69, 9.17) is 10.00 Å². The third kappa shape index (κ3) is 0.810. The first-order valence-corrected chi connectivity index (χ1v) is 4.18. The van der Waals surface area contributed by atoms with E-state index in [2.05, 4.69) is 19.9 Å². The van der Waals surface area contributed by atoms with Gasteiger partial charge >= 0.3 is 0 Å². The largest absolute Gasteiger partial charge is 0.368 e. The zero-order chi connectivity index (χ0) is 8.11. The van der Waals surface area contributed by atoms with Gasteiger partial charge in [0, 0.05) is 0 Å². The summed E-state index contributed by atoms with van der Waals surface area (Å²) in [5.41, 5.74) is -0.0986. The molecule has 0 radical (unpaired) electrons. The minimum atomic E-state index is -0.122. The Balaban J connectivity index is 2.30. The highest BCUT2D eigenvalue weighted by Gasteiger charge is 2.56. The molecule has 2 saturated heterocycles. The van der Waals surface area contributed by atoms with E-state index in [0.717, 1.165) is 19.3 Å². The molecule has 2 nitrogen and oxygen atoms in total. The van der Waals surface area contributed by atoms with Gasteiger partial charge in [0.1, 0.15) is 0 Å². The molecule has 2 aliphatic rings. The lowest BCUT2D eigenvalue weighted by Crippen LogP contribution is -2.28. The topological polar surface area (TPSA) is 33.0 Å². The van der Waals surface area contributed by atoms with Gasteiger partial charge in [-0.25, -0.2) is 0 Å². The van der Waals surface area contributed by atoms with Crippen molar-refractivity contribution in [3.05, 3.63) is 0 Å². The molecule has 0 N–H and O–H groups in total. The van der Waals surface area contributed by atoms with E-state index in [9.17, 15) is 0 Å². The van der Waals surface area contributed by atoms with Crippen LogP contribution in [0.5, 0.6) is 0 Å². The summed E-state index contributed by atoms with van der Waals surface area (Å²) < 4.78 is 5.83. The summed E-state index contributed by atoms with van der Waals surface area (Å²) in [5.74, 6) is 0.126. The van der Waals surface area contributed by atoms with Gasteiger partial charge in [0.2, 0.25) is 0 Å². The van der Waals surface area contributed by atoms with Gasteiger partial charge in [0.05, 0.1) is 23.2 Å². The van der Waals surface area contributed by atoms with E-state index in [1.54, 1.807) is 0 Å². The minimum absolute atomic E-state index is 0.0230. The summed E-state index contributed by atoms with van der Waals surface area (Å²) in [7, 11) is 0. The molecule has 60 valence electrons. The molecule has 2 bridgehead atoms. The Morgan fingerprint density at radius 2 is 2.18 bits per heavy atom. The van der Waals surface area contributed by atoms with Crippen molar-refractivity contribution in [3.63, 3.8) is 0 Å². The molecule has 0 unspecified atom stereocenters. The standard InChI is InChI=1S/C9H13NO/c1-8-3-4-9(2,11-8)7(5-8)6-10/h7H,3-5H2,1-2H3/t7-,8-,9+/m0/s1. The molecule has 2 heterocycles. The highest BCUT2D eigenvalue weighted by atomic mass is 16.5. The van der Waals surface area contributed by atoms with E-state index < -0.39 is 0 Å². The zero-order valence-corrected chi connectivity index (χ0v) is 7.05. The second-order valence-corrected chi connectivity index (χ2v) is 4.25.